The lowest BCUT2D eigenvalue weighted by molar-refractivity contribution is 0.0527. The van der Waals surface area contributed by atoms with Crippen molar-refractivity contribution in [3.05, 3.63) is 105 Å². The van der Waals surface area contributed by atoms with E-state index in [2.05, 4.69) is 20.8 Å². The zero-order valence-corrected chi connectivity index (χ0v) is 36.8. The molecule has 0 saturated carbocycles. The third kappa shape index (κ3) is 11.4. The fourth-order valence-electron chi connectivity index (χ4n) is 5.86. The van der Waals surface area contributed by atoms with E-state index in [9.17, 15) is 13.2 Å². The number of halogens is 1. The van der Waals surface area contributed by atoms with E-state index in [0.29, 0.717) is 31.9 Å². The van der Waals surface area contributed by atoms with Gasteiger partial charge in [0, 0.05) is 29.7 Å². The number of alkyl carbamates (subject to hydrolysis) is 1. The maximum absolute atomic E-state index is 15.6. The van der Waals surface area contributed by atoms with Crippen LogP contribution in [0.25, 0.3) is 11.4 Å². The zero-order valence-electron chi connectivity index (χ0n) is 32.9. The van der Waals surface area contributed by atoms with Crippen molar-refractivity contribution in [2.24, 2.45) is 0 Å². The van der Waals surface area contributed by atoms with Gasteiger partial charge < -0.3 is 24.3 Å². The highest BCUT2D eigenvalue weighted by Crippen LogP contribution is 2.41. The summed E-state index contributed by atoms with van der Waals surface area (Å²) < 4.78 is 83.0. The second-order valence-corrected chi connectivity index (χ2v) is 17.9. The molecule has 0 aliphatic carbocycles. The number of rotatable bonds is 18. The van der Waals surface area contributed by atoms with E-state index in [0.717, 1.165) is 9.87 Å². The van der Waals surface area contributed by atoms with Crippen molar-refractivity contribution in [2.45, 2.75) is 57.3 Å². The molecule has 16 nitrogen and oxygen atoms in total. The van der Waals surface area contributed by atoms with Crippen LogP contribution < -0.4 is 23.8 Å². The number of hydrogen-bond acceptors (Lipinski definition) is 12. The first kappa shape index (κ1) is 44.1. The molecule has 0 unspecified atom stereocenters. The monoisotopic (exact) mass is 947 g/mol. The van der Waals surface area contributed by atoms with Gasteiger partial charge in [0.25, 0.3) is 0 Å². The van der Waals surface area contributed by atoms with E-state index in [-0.39, 0.29) is 61.1 Å². The van der Waals surface area contributed by atoms with E-state index in [1.807, 2.05) is 34.7 Å². The maximum atomic E-state index is 15.6. The second-order valence-electron chi connectivity index (χ2n) is 13.9. The SMILES string of the molecule is COc1ccc(CN(Cc2ccc(OC)cc2)S(=O)(=O)c2c(N(CCCNC(=O)OC(C)(C)C)[SH](=O)=O)ccc(I)c2-c2nnnn2Cc2ccc(OC)cc2)cc1. The number of ether oxygens (including phenoxy) is 4. The predicted octanol–water partition coefficient (Wildman–Crippen LogP) is 5.66. The molecule has 1 amide bonds. The minimum Gasteiger partial charge on any atom is -0.497 e. The highest BCUT2D eigenvalue weighted by molar-refractivity contribution is 14.1. The van der Waals surface area contributed by atoms with Crippen molar-refractivity contribution in [3.63, 3.8) is 0 Å². The van der Waals surface area contributed by atoms with E-state index in [1.54, 1.807) is 94.6 Å². The molecule has 0 bridgehead atoms. The summed E-state index contributed by atoms with van der Waals surface area (Å²) in [7, 11) is -3.41. The van der Waals surface area contributed by atoms with Gasteiger partial charge in [-0.25, -0.2) is 26.3 Å². The van der Waals surface area contributed by atoms with Gasteiger partial charge >= 0.3 is 6.09 Å². The summed E-state index contributed by atoms with van der Waals surface area (Å²) in [5.41, 5.74) is 1.36. The van der Waals surface area contributed by atoms with Crippen molar-refractivity contribution in [1.29, 1.82) is 0 Å². The number of hydrogen-bond donors (Lipinski definition) is 2. The van der Waals surface area contributed by atoms with Crippen LogP contribution in [0.4, 0.5) is 10.5 Å². The van der Waals surface area contributed by atoms with Gasteiger partial charge in [-0.3, -0.25) is 4.31 Å². The van der Waals surface area contributed by atoms with Crippen molar-refractivity contribution in [3.8, 4) is 28.6 Å². The highest BCUT2D eigenvalue weighted by atomic mass is 127. The number of amides is 1. The number of carbonyl (C=O) groups excluding carboxylic acids is 1. The number of aromatic nitrogens is 4. The van der Waals surface area contributed by atoms with Crippen LogP contribution in [0.3, 0.4) is 0 Å². The first-order valence-corrected chi connectivity index (χ1v) is 21.6. The van der Waals surface area contributed by atoms with Crippen molar-refractivity contribution in [1.82, 2.24) is 29.8 Å². The molecule has 1 aromatic heterocycles. The number of thiol groups is 1. The van der Waals surface area contributed by atoms with Crippen LogP contribution in [0.2, 0.25) is 0 Å². The largest absolute Gasteiger partial charge is 0.497 e. The topological polar surface area (TPSA) is 184 Å². The van der Waals surface area contributed by atoms with Crippen molar-refractivity contribution in [2.75, 3.05) is 38.7 Å². The van der Waals surface area contributed by atoms with Crippen LogP contribution in [-0.4, -0.2) is 87.5 Å². The minimum absolute atomic E-state index is 0.0507. The standard InChI is InChI=1S/C39H46IN7O9S2/c1-39(2,3)56-38(48)41-22-7-23-47(57(49)50)34-21-20-33(40)35(37-42-43-44-46(37)26-29-12-18-32(55-6)19-13-29)36(34)58(51,52)45(24-27-8-14-30(53-4)15-9-27)25-28-10-16-31(54-5)17-11-28/h8-21,57H,7,22-26H2,1-6H3,(H,41,48). The summed E-state index contributed by atoms with van der Waals surface area (Å²) in [5, 5.41) is 15.1. The Morgan fingerprint density at radius 2 is 1.33 bits per heavy atom. The fourth-order valence-corrected chi connectivity index (χ4v) is 9.25. The molecule has 0 radical (unpaired) electrons. The molecule has 1 N–H and O–H groups in total. The normalized spacial score (nSPS) is 11.7. The molecule has 0 saturated heterocycles. The van der Waals surface area contributed by atoms with Crippen LogP contribution in [0.15, 0.2) is 89.8 Å². The summed E-state index contributed by atoms with van der Waals surface area (Å²) in [4.78, 5) is 12.0. The Kier molecular flexibility index (Phi) is 14.9. The number of carbonyl (C=O) groups is 1. The Hall–Kier alpha value is -4.99. The number of nitrogens with one attached hydrogen (secondary N) is 1. The van der Waals surface area contributed by atoms with E-state index < -0.39 is 32.6 Å². The smallest absolute Gasteiger partial charge is 0.407 e. The molecule has 0 atom stereocenters. The summed E-state index contributed by atoms with van der Waals surface area (Å²) in [6.07, 6.45) is -0.540. The molecule has 310 valence electrons. The Labute approximate surface area is 353 Å². The Morgan fingerprint density at radius 1 is 0.810 bits per heavy atom. The molecule has 5 rings (SSSR count). The van der Waals surface area contributed by atoms with Gasteiger partial charge in [0.15, 0.2) is 5.82 Å². The number of anilines is 1. The summed E-state index contributed by atoms with van der Waals surface area (Å²) in [6.45, 7) is 5.03. The first-order chi connectivity index (χ1) is 27.6. The van der Waals surface area contributed by atoms with Crippen LogP contribution in [-0.2, 0) is 45.3 Å². The van der Waals surface area contributed by atoms with Crippen LogP contribution in [0.5, 0.6) is 17.2 Å². The van der Waals surface area contributed by atoms with Gasteiger partial charge in [0.1, 0.15) is 27.7 Å². The summed E-state index contributed by atoms with van der Waals surface area (Å²) in [5.74, 6) is 1.94. The summed E-state index contributed by atoms with van der Waals surface area (Å²) >= 11 is 2.01. The lowest BCUT2D eigenvalue weighted by Crippen LogP contribution is -2.35. The van der Waals surface area contributed by atoms with Gasteiger partial charge in [-0.15, -0.1) is 5.10 Å². The third-order valence-corrected chi connectivity index (χ3v) is 12.2. The van der Waals surface area contributed by atoms with Gasteiger partial charge in [-0.1, -0.05) is 36.4 Å². The number of tetrazole rings is 1. The lowest BCUT2D eigenvalue weighted by Gasteiger charge is -2.28. The predicted molar refractivity (Wildman–Crippen MR) is 227 cm³/mol. The van der Waals surface area contributed by atoms with Crippen LogP contribution in [0.1, 0.15) is 43.9 Å². The first-order valence-electron chi connectivity index (χ1n) is 18.0. The average Bonchev–Trinajstić information content (AvgIpc) is 3.65. The molecule has 0 aliphatic heterocycles. The average molecular weight is 948 g/mol. The number of nitrogens with zero attached hydrogens (tertiary/aromatic N) is 6. The van der Waals surface area contributed by atoms with Gasteiger partial charge in [0.05, 0.1) is 39.1 Å². The molecule has 4 aromatic carbocycles. The van der Waals surface area contributed by atoms with Crippen molar-refractivity contribution < 1.29 is 40.6 Å². The Bertz CT molecular complexity index is 2290. The maximum Gasteiger partial charge on any atom is 0.407 e. The van der Waals surface area contributed by atoms with Gasteiger partial charge in [-0.2, -0.15) is 4.31 Å². The minimum atomic E-state index is -4.64. The number of benzene rings is 4. The van der Waals surface area contributed by atoms with Gasteiger partial charge in [-0.05, 0) is 125 Å². The molecule has 19 heteroatoms. The van der Waals surface area contributed by atoms with Gasteiger partial charge in [0.2, 0.25) is 20.9 Å². The number of methoxy groups -OCH3 is 3. The van der Waals surface area contributed by atoms with Crippen LogP contribution >= 0.6 is 22.6 Å². The molecular weight excluding hydrogens is 902 g/mol. The molecule has 0 aliphatic rings. The lowest BCUT2D eigenvalue weighted by atomic mass is 10.1. The quantitative estimate of drug-likeness (QED) is 0.0626. The van der Waals surface area contributed by atoms with Crippen LogP contribution in [0, 0.1) is 3.57 Å². The van der Waals surface area contributed by atoms with E-state index >= 15 is 8.42 Å². The number of sulfonamides is 1. The van der Waals surface area contributed by atoms with Crippen molar-refractivity contribution >= 4 is 55.3 Å². The Morgan fingerprint density at radius 3 is 1.81 bits per heavy atom. The summed E-state index contributed by atoms with van der Waals surface area (Å²) in [6, 6.07) is 24.3. The zero-order chi connectivity index (χ0) is 42.0. The molecule has 58 heavy (non-hydrogen) atoms. The third-order valence-electron chi connectivity index (χ3n) is 8.66. The molecular formula is C39H46IN7O9S2. The molecule has 0 fully saturated rings. The highest BCUT2D eigenvalue weighted by Gasteiger charge is 2.36. The Balaban J connectivity index is 1.67. The molecule has 1 heterocycles. The molecule has 5 aromatic rings. The fraction of sp³-hybridized carbons (Fsp3) is 0.333. The van der Waals surface area contributed by atoms with E-state index in [4.69, 9.17) is 18.9 Å². The van der Waals surface area contributed by atoms with E-state index in [1.165, 1.54) is 29.3 Å². The molecule has 0 spiro atoms. The second kappa shape index (κ2) is 19.6.